The number of carbonyl (C=O) groups is 1. The number of halogens is 1. The van der Waals surface area contributed by atoms with Crippen molar-refractivity contribution in [3.8, 4) is 0 Å². The minimum atomic E-state index is -0.910. The minimum absolute atomic E-state index is 0.129. The van der Waals surface area contributed by atoms with E-state index in [1.807, 2.05) is 45.0 Å². The monoisotopic (exact) mass is 315 g/mol. The molecule has 0 bridgehead atoms. The van der Waals surface area contributed by atoms with Crippen LogP contribution >= 0.6 is 23.4 Å². The lowest BCUT2D eigenvalue weighted by atomic mass is 9.95. The number of carboxylic acid groups (broad SMARTS) is 1. The molecule has 0 aromatic heterocycles. The third kappa shape index (κ3) is 5.35. The lowest BCUT2D eigenvalue weighted by molar-refractivity contribution is -0.144. The van der Waals surface area contributed by atoms with E-state index in [2.05, 4.69) is 5.32 Å². The number of rotatable bonds is 7. The van der Waals surface area contributed by atoms with Gasteiger partial charge >= 0.3 is 5.97 Å². The van der Waals surface area contributed by atoms with E-state index in [0.29, 0.717) is 11.4 Å². The van der Waals surface area contributed by atoms with Crippen molar-refractivity contribution in [2.45, 2.75) is 55.8 Å². The maximum Gasteiger partial charge on any atom is 0.323 e. The lowest BCUT2D eigenvalue weighted by Gasteiger charge is -2.31. The van der Waals surface area contributed by atoms with Gasteiger partial charge in [0.25, 0.3) is 0 Å². The summed E-state index contributed by atoms with van der Waals surface area (Å²) in [5, 5.41) is 13.5. The summed E-state index contributed by atoms with van der Waals surface area (Å²) in [4.78, 5) is 12.6. The van der Waals surface area contributed by atoms with E-state index >= 15 is 0 Å². The van der Waals surface area contributed by atoms with E-state index < -0.39 is 11.5 Å². The van der Waals surface area contributed by atoms with Gasteiger partial charge in [0.05, 0.1) is 0 Å². The van der Waals surface area contributed by atoms with Gasteiger partial charge in [0.2, 0.25) is 0 Å². The van der Waals surface area contributed by atoms with Crippen LogP contribution in [0.1, 0.15) is 34.1 Å². The Labute approximate surface area is 130 Å². The van der Waals surface area contributed by atoms with Crippen LogP contribution in [0.3, 0.4) is 0 Å². The molecule has 0 fully saturated rings. The second-order valence-electron chi connectivity index (χ2n) is 5.52. The van der Waals surface area contributed by atoms with E-state index in [0.717, 1.165) is 4.90 Å². The van der Waals surface area contributed by atoms with Crippen LogP contribution in [0, 0.1) is 0 Å². The van der Waals surface area contributed by atoms with Crippen LogP contribution in [0.5, 0.6) is 0 Å². The van der Waals surface area contributed by atoms with Gasteiger partial charge in [-0.3, -0.25) is 10.1 Å². The third-order valence-corrected chi connectivity index (χ3v) is 4.29. The van der Waals surface area contributed by atoms with Crippen LogP contribution in [-0.2, 0) is 4.79 Å². The Morgan fingerprint density at radius 2 is 1.90 bits per heavy atom. The van der Waals surface area contributed by atoms with Gasteiger partial charge < -0.3 is 5.11 Å². The summed E-state index contributed by atoms with van der Waals surface area (Å²) in [6.07, 6.45) is 0.549. The SMILES string of the molecule is CC(C)NC(C)(CC(C)Sc1ccc(Cl)cc1)C(=O)O. The van der Waals surface area contributed by atoms with Gasteiger partial charge in [-0.1, -0.05) is 18.5 Å². The molecule has 3 nitrogen and oxygen atoms in total. The Kier molecular flexibility index (Phi) is 6.37. The molecule has 1 aromatic carbocycles. The van der Waals surface area contributed by atoms with Gasteiger partial charge in [0.15, 0.2) is 0 Å². The van der Waals surface area contributed by atoms with Gasteiger partial charge in [0, 0.05) is 21.2 Å². The van der Waals surface area contributed by atoms with Crippen LogP contribution in [0.25, 0.3) is 0 Å². The second kappa shape index (κ2) is 7.34. The van der Waals surface area contributed by atoms with Crippen LogP contribution in [0.4, 0.5) is 0 Å². The molecule has 0 amide bonds. The van der Waals surface area contributed by atoms with Crippen LogP contribution in [0.15, 0.2) is 29.2 Å². The molecule has 1 rings (SSSR count). The number of aliphatic carboxylic acids is 1. The molecule has 2 unspecified atom stereocenters. The zero-order valence-corrected chi connectivity index (χ0v) is 13.9. The average Bonchev–Trinajstić information content (AvgIpc) is 2.30. The van der Waals surface area contributed by atoms with Crippen molar-refractivity contribution in [3.05, 3.63) is 29.3 Å². The zero-order chi connectivity index (χ0) is 15.3. The maximum absolute atomic E-state index is 11.5. The van der Waals surface area contributed by atoms with Gasteiger partial charge in [0.1, 0.15) is 5.54 Å². The molecule has 0 aliphatic carbocycles. The van der Waals surface area contributed by atoms with E-state index in [1.165, 1.54) is 0 Å². The van der Waals surface area contributed by atoms with Crippen molar-refractivity contribution in [2.24, 2.45) is 0 Å². The summed E-state index contributed by atoms with van der Waals surface area (Å²) >= 11 is 7.52. The normalized spacial score (nSPS) is 15.9. The fourth-order valence-corrected chi connectivity index (χ4v) is 3.51. The molecule has 0 saturated heterocycles. The number of benzene rings is 1. The summed E-state index contributed by atoms with van der Waals surface area (Å²) in [6, 6.07) is 7.73. The van der Waals surface area contributed by atoms with E-state index in [-0.39, 0.29) is 11.3 Å². The molecule has 0 spiro atoms. The van der Waals surface area contributed by atoms with Crippen molar-refractivity contribution in [2.75, 3.05) is 0 Å². The highest BCUT2D eigenvalue weighted by molar-refractivity contribution is 7.99. The molecule has 0 aliphatic rings. The van der Waals surface area contributed by atoms with E-state index in [4.69, 9.17) is 11.6 Å². The lowest BCUT2D eigenvalue weighted by Crippen LogP contribution is -2.53. The van der Waals surface area contributed by atoms with Crippen LogP contribution in [-0.4, -0.2) is 27.9 Å². The zero-order valence-electron chi connectivity index (χ0n) is 12.3. The number of hydrogen-bond donors (Lipinski definition) is 2. The fourth-order valence-electron chi connectivity index (χ4n) is 2.21. The van der Waals surface area contributed by atoms with E-state index in [9.17, 15) is 9.90 Å². The number of hydrogen-bond acceptors (Lipinski definition) is 3. The smallest absolute Gasteiger partial charge is 0.323 e. The summed E-state index contributed by atoms with van der Waals surface area (Å²) in [5.41, 5.74) is -0.910. The van der Waals surface area contributed by atoms with Crippen molar-refractivity contribution in [3.63, 3.8) is 0 Å². The first-order valence-corrected chi connectivity index (χ1v) is 7.92. The van der Waals surface area contributed by atoms with Crippen molar-refractivity contribution >= 4 is 29.3 Å². The molecule has 20 heavy (non-hydrogen) atoms. The highest BCUT2D eigenvalue weighted by Crippen LogP contribution is 2.29. The Morgan fingerprint density at radius 1 is 1.35 bits per heavy atom. The van der Waals surface area contributed by atoms with Gasteiger partial charge in [-0.15, -0.1) is 11.8 Å². The van der Waals surface area contributed by atoms with Crippen molar-refractivity contribution < 1.29 is 9.90 Å². The molecule has 2 atom stereocenters. The Morgan fingerprint density at radius 3 is 2.35 bits per heavy atom. The third-order valence-electron chi connectivity index (χ3n) is 2.93. The first-order chi connectivity index (χ1) is 9.23. The maximum atomic E-state index is 11.5. The largest absolute Gasteiger partial charge is 0.480 e. The number of nitrogens with one attached hydrogen (secondary N) is 1. The predicted molar refractivity (Wildman–Crippen MR) is 85.7 cm³/mol. The Bertz CT molecular complexity index is 450. The average molecular weight is 316 g/mol. The predicted octanol–water partition coefficient (Wildman–Crippen LogP) is 4.05. The Hall–Kier alpha value is -0.710. The molecule has 2 N–H and O–H groups in total. The fraction of sp³-hybridized carbons (Fsp3) is 0.533. The van der Waals surface area contributed by atoms with Gasteiger partial charge in [-0.05, 0) is 51.5 Å². The first kappa shape index (κ1) is 17.3. The highest BCUT2D eigenvalue weighted by atomic mass is 35.5. The molecule has 112 valence electrons. The molecule has 0 radical (unpaired) electrons. The molecule has 5 heteroatoms. The molecule has 1 aromatic rings. The van der Waals surface area contributed by atoms with Gasteiger partial charge in [-0.25, -0.2) is 0 Å². The minimum Gasteiger partial charge on any atom is -0.480 e. The van der Waals surface area contributed by atoms with Crippen LogP contribution in [0.2, 0.25) is 5.02 Å². The molecule has 0 heterocycles. The van der Waals surface area contributed by atoms with Crippen molar-refractivity contribution in [1.82, 2.24) is 5.32 Å². The van der Waals surface area contributed by atoms with Crippen molar-refractivity contribution in [1.29, 1.82) is 0 Å². The second-order valence-corrected chi connectivity index (χ2v) is 7.47. The topological polar surface area (TPSA) is 49.3 Å². The highest BCUT2D eigenvalue weighted by Gasteiger charge is 2.35. The van der Waals surface area contributed by atoms with E-state index in [1.54, 1.807) is 18.7 Å². The molecule has 0 aliphatic heterocycles. The summed E-state index contributed by atoms with van der Waals surface area (Å²) in [7, 11) is 0. The number of carboxylic acids is 1. The number of thioether (sulfide) groups is 1. The molecular formula is C15H22ClNO2S. The summed E-state index contributed by atoms with van der Waals surface area (Å²) in [6.45, 7) is 7.70. The molecular weight excluding hydrogens is 294 g/mol. The standard InChI is InChI=1S/C15H22ClNO2S/c1-10(2)17-15(4,14(18)19)9-11(3)20-13-7-5-12(16)6-8-13/h5-8,10-11,17H,9H2,1-4H3,(H,18,19). The van der Waals surface area contributed by atoms with Crippen LogP contribution < -0.4 is 5.32 Å². The summed E-state index contributed by atoms with van der Waals surface area (Å²) < 4.78 is 0. The van der Waals surface area contributed by atoms with Gasteiger partial charge in [-0.2, -0.15) is 0 Å². The summed E-state index contributed by atoms with van der Waals surface area (Å²) in [5.74, 6) is -0.810. The quantitative estimate of drug-likeness (QED) is 0.745. The first-order valence-electron chi connectivity index (χ1n) is 6.66. The molecule has 0 saturated carbocycles. The Balaban J connectivity index is 2.69.